The lowest BCUT2D eigenvalue weighted by molar-refractivity contribution is -0.128. The molecule has 2 aromatic rings. The fourth-order valence-electron chi connectivity index (χ4n) is 2.54. The maximum absolute atomic E-state index is 12.6. The van der Waals surface area contributed by atoms with Crippen molar-refractivity contribution in [2.45, 2.75) is 6.42 Å². The Balaban J connectivity index is 0.00000364. The standard InChI is InChI=1S/C20H23NO5.ClH/c1-21(19(23)10-14-8-6-5-7-9-14)13-16(22)15-11-17(24-2)20(26-4)18(12-15)25-3;/h5-9,11-12H,10,13H2,1-4H3;1H. The van der Waals surface area contributed by atoms with Gasteiger partial charge in [-0.25, -0.2) is 0 Å². The van der Waals surface area contributed by atoms with E-state index < -0.39 is 0 Å². The van der Waals surface area contributed by atoms with Crippen molar-refractivity contribution in [3.63, 3.8) is 0 Å². The van der Waals surface area contributed by atoms with Gasteiger partial charge in [0, 0.05) is 12.6 Å². The van der Waals surface area contributed by atoms with E-state index in [1.165, 1.54) is 26.2 Å². The summed E-state index contributed by atoms with van der Waals surface area (Å²) in [5, 5.41) is 0. The molecular formula is C20H24ClNO5. The highest BCUT2D eigenvalue weighted by Gasteiger charge is 2.19. The minimum atomic E-state index is -0.215. The van der Waals surface area contributed by atoms with Crippen LogP contribution in [-0.2, 0) is 11.2 Å². The van der Waals surface area contributed by atoms with Crippen LogP contribution in [0.4, 0.5) is 0 Å². The van der Waals surface area contributed by atoms with Crippen LogP contribution >= 0.6 is 12.4 Å². The number of Topliss-reactive ketones (excluding diaryl/α,β-unsaturated/α-hetero) is 1. The average molecular weight is 394 g/mol. The monoisotopic (exact) mass is 393 g/mol. The molecule has 0 unspecified atom stereocenters. The van der Waals surface area contributed by atoms with Gasteiger partial charge in [0.05, 0.1) is 34.3 Å². The lowest BCUT2D eigenvalue weighted by Gasteiger charge is -2.18. The van der Waals surface area contributed by atoms with Crippen LogP contribution in [-0.4, -0.2) is 51.5 Å². The van der Waals surface area contributed by atoms with Gasteiger partial charge < -0.3 is 19.1 Å². The Morgan fingerprint density at radius 2 is 1.48 bits per heavy atom. The van der Waals surface area contributed by atoms with Gasteiger partial charge in [-0.05, 0) is 17.7 Å². The Morgan fingerprint density at radius 3 is 1.96 bits per heavy atom. The highest BCUT2D eigenvalue weighted by atomic mass is 35.5. The van der Waals surface area contributed by atoms with Gasteiger partial charge in [-0.15, -0.1) is 12.4 Å². The summed E-state index contributed by atoms with van der Waals surface area (Å²) in [7, 11) is 6.08. The minimum Gasteiger partial charge on any atom is -0.493 e. The third-order valence-corrected chi connectivity index (χ3v) is 3.99. The summed E-state index contributed by atoms with van der Waals surface area (Å²) in [5.74, 6) is 0.868. The predicted octanol–water partition coefficient (Wildman–Crippen LogP) is 3.02. The van der Waals surface area contributed by atoms with Gasteiger partial charge in [-0.3, -0.25) is 9.59 Å². The van der Waals surface area contributed by atoms with Crippen LogP contribution < -0.4 is 14.2 Å². The van der Waals surface area contributed by atoms with E-state index in [0.717, 1.165) is 5.56 Å². The highest BCUT2D eigenvalue weighted by molar-refractivity contribution is 6.00. The Kier molecular flexibility index (Phi) is 8.62. The van der Waals surface area contributed by atoms with E-state index in [-0.39, 0.29) is 37.1 Å². The van der Waals surface area contributed by atoms with E-state index in [1.54, 1.807) is 19.2 Å². The molecule has 6 nitrogen and oxygen atoms in total. The smallest absolute Gasteiger partial charge is 0.227 e. The molecule has 2 aromatic carbocycles. The third-order valence-electron chi connectivity index (χ3n) is 3.99. The van der Waals surface area contributed by atoms with Gasteiger partial charge in [-0.1, -0.05) is 30.3 Å². The van der Waals surface area contributed by atoms with Crippen molar-refractivity contribution in [1.29, 1.82) is 0 Å². The molecule has 0 heterocycles. The summed E-state index contributed by atoms with van der Waals surface area (Å²) in [4.78, 5) is 26.3. The van der Waals surface area contributed by atoms with Crippen molar-refractivity contribution >= 4 is 24.1 Å². The minimum absolute atomic E-state index is 0. The number of nitrogens with zero attached hydrogens (tertiary/aromatic N) is 1. The van der Waals surface area contributed by atoms with Crippen LogP contribution in [0.5, 0.6) is 17.2 Å². The zero-order valence-corrected chi connectivity index (χ0v) is 16.7. The number of carbonyl (C=O) groups excluding carboxylic acids is 2. The molecule has 27 heavy (non-hydrogen) atoms. The summed E-state index contributed by atoms with van der Waals surface area (Å²) in [6, 6.07) is 12.6. The van der Waals surface area contributed by atoms with E-state index in [9.17, 15) is 9.59 Å². The number of rotatable bonds is 8. The van der Waals surface area contributed by atoms with Crippen LogP contribution in [0.25, 0.3) is 0 Å². The highest BCUT2D eigenvalue weighted by Crippen LogP contribution is 2.38. The molecule has 0 aliphatic carbocycles. The molecule has 1 amide bonds. The maximum atomic E-state index is 12.6. The fraction of sp³-hybridized carbons (Fsp3) is 0.300. The number of benzene rings is 2. The summed E-state index contributed by atoms with van der Waals surface area (Å²) in [6.07, 6.45) is 0.250. The molecule has 0 fully saturated rings. The van der Waals surface area contributed by atoms with Gasteiger partial charge in [0.25, 0.3) is 0 Å². The number of methoxy groups -OCH3 is 3. The van der Waals surface area contributed by atoms with Crippen molar-refractivity contribution < 1.29 is 23.8 Å². The van der Waals surface area contributed by atoms with Crippen molar-refractivity contribution in [2.24, 2.45) is 0 Å². The first-order chi connectivity index (χ1) is 12.5. The van der Waals surface area contributed by atoms with Crippen LogP contribution in [0.1, 0.15) is 15.9 Å². The first-order valence-corrected chi connectivity index (χ1v) is 8.11. The number of ketones is 1. The van der Waals surface area contributed by atoms with Crippen molar-refractivity contribution in [3.05, 3.63) is 53.6 Å². The Bertz CT molecular complexity index is 754. The number of halogens is 1. The van der Waals surface area contributed by atoms with Gasteiger partial charge >= 0.3 is 0 Å². The fourth-order valence-corrected chi connectivity index (χ4v) is 2.54. The molecule has 0 radical (unpaired) electrons. The van der Waals surface area contributed by atoms with Crippen molar-refractivity contribution in [3.8, 4) is 17.2 Å². The van der Waals surface area contributed by atoms with Crippen LogP contribution in [0.3, 0.4) is 0 Å². The zero-order chi connectivity index (χ0) is 19.1. The van der Waals surface area contributed by atoms with Crippen LogP contribution in [0, 0.1) is 0 Å². The maximum Gasteiger partial charge on any atom is 0.227 e. The van der Waals surface area contributed by atoms with Gasteiger partial charge in [0.15, 0.2) is 17.3 Å². The van der Waals surface area contributed by atoms with Crippen LogP contribution in [0.15, 0.2) is 42.5 Å². The lowest BCUT2D eigenvalue weighted by Crippen LogP contribution is -2.33. The van der Waals surface area contributed by atoms with Crippen LogP contribution in [0.2, 0.25) is 0 Å². The average Bonchev–Trinajstić information content (AvgIpc) is 2.67. The van der Waals surface area contributed by atoms with Gasteiger partial charge in [0.2, 0.25) is 11.7 Å². The molecule has 0 bridgehead atoms. The first kappa shape index (κ1) is 22.3. The second-order valence-electron chi connectivity index (χ2n) is 5.75. The molecule has 0 atom stereocenters. The molecule has 0 N–H and O–H groups in total. The normalized spacial score (nSPS) is 9.78. The van der Waals surface area contributed by atoms with Crippen molar-refractivity contribution in [2.75, 3.05) is 34.9 Å². The molecule has 146 valence electrons. The molecular weight excluding hydrogens is 370 g/mol. The Labute approximate surface area is 165 Å². The molecule has 0 aliphatic rings. The number of hydrogen-bond donors (Lipinski definition) is 0. The SMILES string of the molecule is COc1cc(C(=O)CN(C)C(=O)Cc2ccccc2)cc(OC)c1OC.Cl. The Hall–Kier alpha value is -2.73. The molecule has 0 aliphatic heterocycles. The molecule has 0 saturated heterocycles. The zero-order valence-electron chi connectivity index (χ0n) is 15.9. The van der Waals surface area contributed by atoms with E-state index in [2.05, 4.69) is 0 Å². The predicted molar refractivity (Wildman–Crippen MR) is 105 cm³/mol. The van der Waals surface area contributed by atoms with Gasteiger partial charge in [-0.2, -0.15) is 0 Å². The topological polar surface area (TPSA) is 65.1 Å². The summed E-state index contributed by atoms with van der Waals surface area (Å²) >= 11 is 0. The number of carbonyl (C=O) groups is 2. The first-order valence-electron chi connectivity index (χ1n) is 8.11. The van der Waals surface area contributed by atoms with E-state index in [1.807, 2.05) is 30.3 Å². The number of likely N-dealkylation sites (N-methyl/N-ethyl adjacent to an activating group) is 1. The molecule has 0 spiro atoms. The summed E-state index contributed by atoms with van der Waals surface area (Å²) < 4.78 is 15.8. The number of hydrogen-bond acceptors (Lipinski definition) is 5. The second kappa shape index (κ2) is 10.4. The molecule has 0 saturated carbocycles. The molecule has 7 heteroatoms. The van der Waals surface area contributed by atoms with Gasteiger partial charge in [0.1, 0.15) is 0 Å². The quantitative estimate of drug-likeness (QED) is 0.645. The molecule has 0 aromatic heterocycles. The molecule has 2 rings (SSSR count). The summed E-state index contributed by atoms with van der Waals surface area (Å²) in [6.45, 7) is -0.0374. The second-order valence-corrected chi connectivity index (χ2v) is 5.75. The summed E-state index contributed by atoms with van der Waals surface area (Å²) in [5.41, 5.74) is 1.29. The Morgan fingerprint density at radius 1 is 0.926 bits per heavy atom. The largest absolute Gasteiger partial charge is 0.493 e. The lowest BCUT2D eigenvalue weighted by atomic mass is 10.1. The number of ether oxygens (including phenoxy) is 3. The number of amides is 1. The van der Waals surface area contributed by atoms with E-state index in [4.69, 9.17) is 14.2 Å². The van der Waals surface area contributed by atoms with Crippen molar-refractivity contribution in [1.82, 2.24) is 4.90 Å². The van der Waals surface area contributed by atoms with E-state index in [0.29, 0.717) is 22.8 Å². The third kappa shape index (κ3) is 5.62. The van der Waals surface area contributed by atoms with E-state index >= 15 is 0 Å².